The van der Waals surface area contributed by atoms with Crippen LogP contribution in [0.15, 0.2) is 41.3 Å². The Bertz CT molecular complexity index is 1270. The van der Waals surface area contributed by atoms with Crippen LogP contribution in [0.4, 0.5) is 5.69 Å². The number of rotatable bonds is 13. The van der Waals surface area contributed by atoms with Crippen molar-refractivity contribution in [3.05, 3.63) is 53.1 Å². The molecule has 0 saturated heterocycles. The average Bonchev–Trinajstić information content (AvgIpc) is 3.71. The lowest BCUT2D eigenvalue weighted by Crippen LogP contribution is -2.44. The molecular weight excluding hydrogens is 540 g/mol. The van der Waals surface area contributed by atoms with Gasteiger partial charge in [-0.1, -0.05) is 19.1 Å². The summed E-state index contributed by atoms with van der Waals surface area (Å²) in [4.78, 5) is 27.6. The molecule has 1 N–H and O–H groups in total. The number of benzene rings is 2. The topological polar surface area (TPSA) is 99.3 Å². The zero-order valence-corrected chi connectivity index (χ0v) is 27.0. The molecule has 0 radical (unpaired) electrons. The number of amides is 1. The lowest BCUT2D eigenvalue weighted by atomic mass is 10.1. The van der Waals surface area contributed by atoms with E-state index in [0.717, 1.165) is 30.8 Å². The predicted molar refractivity (Wildman–Crippen MR) is 165 cm³/mol. The van der Waals surface area contributed by atoms with E-state index in [1.807, 2.05) is 14.0 Å². The highest BCUT2D eigenvalue weighted by Gasteiger charge is 2.56. The Balaban J connectivity index is 0.000000296. The highest BCUT2D eigenvalue weighted by Crippen LogP contribution is 2.46. The molecular formula is C31H48N4O5S. The summed E-state index contributed by atoms with van der Waals surface area (Å²) in [7, 11) is 5.28. The van der Waals surface area contributed by atoms with E-state index in [1.165, 1.54) is 11.4 Å². The first kappa shape index (κ1) is 34.3. The van der Waals surface area contributed by atoms with Crippen molar-refractivity contribution in [3.8, 4) is 5.75 Å². The molecule has 2 aromatic rings. The summed E-state index contributed by atoms with van der Waals surface area (Å²) in [6.45, 7) is 9.62. The number of hydrogen-bond donors (Lipinski definition) is 1. The summed E-state index contributed by atoms with van der Waals surface area (Å²) in [5.74, 6) is 0.739. The van der Waals surface area contributed by atoms with E-state index in [0.29, 0.717) is 42.7 Å². The molecule has 0 aliphatic heterocycles. The third-order valence-electron chi connectivity index (χ3n) is 7.41. The largest absolute Gasteiger partial charge is 0.497 e. The smallest absolute Gasteiger partial charge is 0.244 e. The molecule has 1 aliphatic rings. The number of anilines is 1. The van der Waals surface area contributed by atoms with E-state index in [2.05, 4.69) is 48.6 Å². The minimum Gasteiger partial charge on any atom is -0.497 e. The Kier molecular flexibility index (Phi) is 12.4. The summed E-state index contributed by atoms with van der Waals surface area (Å²) in [6, 6.07) is 11.6. The molecule has 9 nitrogen and oxygen atoms in total. The van der Waals surface area contributed by atoms with Gasteiger partial charge in [0.1, 0.15) is 5.75 Å². The Morgan fingerprint density at radius 2 is 1.56 bits per heavy atom. The molecule has 1 fully saturated rings. The number of aryl methyl sites for hydroxylation is 2. The van der Waals surface area contributed by atoms with Gasteiger partial charge >= 0.3 is 0 Å². The van der Waals surface area contributed by atoms with Crippen LogP contribution in [-0.4, -0.2) is 88.1 Å². The van der Waals surface area contributed by atoms with E-state index in [4.69, 9.17) is 4.74 Å². The number of ether oxygens (including phenoxy) is 1. The monoisotopic (exact) mass is 588 g/mol. The molecule has 2 aromatic carbocycles. The third-order valence-corrected chi connectivity index (χ3v) is 9.64. The number of carbonyl (C=O) groups excluding carboxylic acids is 2. The number of methoxy groups -OCH3 is 1. The second kappa shape index (κ2) is 14.8. The number of ketones is 1. The van der Waals surface area contributed by atoms with Gasteiger partial charge in [0.25, 0.3) is 0 Å². The van der Waals surface area contributed by atoms with Crippen LogP contribution in [0.2, 0.25) is 0 Å². The van der Waals surface area contributed by atoms with Gasteiger partial charge in [0.05, 0.1) is 17.5 Å². The second-order valence-corrected chi connectivity index (χ2v) is 13.0. The van der Waals surface area contributed by atoms with Crippen molar-refractivity contribution in [2.75, 3.05) is 53.7 Å². The number of hydrogen-bond acceptors (Lipinski definition) is 7. The molecule has 0 unspecified atom stereocenters. The number of nitrogens with zero attached hydrogens (tertiary/aromatic N) is 3. The SMILES string of the molecule is CC(=O)N(C)Cc1ccc(NCCN(C)C)cc1.CCCC(=O)C1(N(C)S(=O)(=O)c2c(C)cc(OC)cc2C)CC1. The van der Waals surface area contributed by atoms with Crippen molar-refractivity contribution in [3.63, 3.8) is 0 Å². The summed E-state index contributed by atoms with van der Waals surface area (Å²) in [5, 5.41) is 3.36. The number of sulfonamides is 1. The molecule has 10 heteroatoms. The first-order valence-electron chi connectivity index (χ1n) is 14.1. The molecule has 1 saturated carbocycles. The fraction of sp³-hybridized carbons (Fsp3) is 0.548. The van der Waals surface area contributed by atoms with Crippen LogP contribution >= 0.6 is 0 Å². The highest BCUT2D eigenvalue weighted by atomic mass is 32.2. The van der Waals surface area contributed by atoms with E-state index in [1.54, 1.807) is 44.9 Å². The molecule has 228 valence electrons. The molecule has 41 heavy (non-hydrogen) atoms. The third kappa shape index (κ3) is 9.02. The average molecular weight is 589 g/mol. The zero-order valence-electron chi connectivity index (χ0n) is 26.2. The molecule has 1 aliphatic carbocycles. The van der Waals surface area contributed by atoms with Crippen molar-refractivity contribution in [2.24, 2.45) is 0 Å². The van der Waals surface area contributed by atoms with Crippen molar-refractivity contribution < 1.29 is 22.7 Å². The normalized spacial score (nSPS) is 13.8. The molecule has 0 bridgehead atoms. The summed E-state index contributed by atoms with van der Waals surface area (Å²) in [5.41, 5.74) is 2.69. The van der Waals surface area contributed by atoms with Crippen molar-refractivity contribution in [1.82, 2.24) is 14.1 Å². The van der Waals surface area contributed by atoms with Crippen LogP contribution in [-0.2, 0) is 26.2 Å². The van der Waals surface area contributed by atoms with Gasteiger partial charge in [-0.05, 0) is 88.2 Å². The van der Waals surface area contributed by atoms with Crippen LogP contribution < -0.4 is 10.1 Å². The lowest BCUT2D eigenvalue weighted by Gasteiger charge is -2.27. The van der Waals surface area contributed by atoms with Gasteiger partial charge in [-0.3, -0.25) is 9.59 Å². The maximum absolute atomic E-state index is 13.1. The number of likely N-dealkylation sites (N-methyl/N-ethyl adjacent to an activating group) is 2. The van der Waals surface area contributed by atoms with Crippen LogP contribution in [0.5, 0.6) is 5.75 Å². The van der Waals surface area contributed by atoms with E-state index >= 15 is 0 Å². The van der Waals surface area contributed by atoms with Gasteiger partial charge in [0.2, 0.25) is 15.9 Å². The highest BCUT2D eigenvalue weighted by molar-refractivity contribution is 7.89. The second-order valence-electron chi connectivity index (χ2n) is 11.1. The quantitative estimate of drug-likeness (QED) is 0.369. The molecule has 0 heterocycles. The van der Waals surface area contributed by atoms with Crippen LogP contribution in [0, 0.1) is 13.8 Å². The molecule has 0 aromatic heterocycles. The van der Waals surface area contributed by atoms with Crippen molar-refractivity contribution in [1.29, 1.82) is 0 Å². The summed E-state index contributed by atoms with van der Waals surface area (Å²) < 4.78 is 32.7. The molecule has 3 rings (SSSR count). The van der Waals surface area contributed by atoms with Crippen molar-refractivity contribution >= 4 is 27.4 Å². The minimum absolute atomic E-state index is 0.0230. The Morgan fingerprint density at radius 3 is 2.00 bits per heavy atom. The molecule has 1 amide bonds. The van der Waals surface area contributed by atoms with E-state index < -0.39 is 15.6 Å². The van der Waals surface area contributed by atoms with Gasteiger partial charge in [-0.15, -0.1) is 0 Å². The first-order valence-corrected chi connectivity index (χ1v) is 15.5. The maximum atomic E-state index is 13.1. The van der Waals surface area contributed by atoms with E-state index in [-0.39, 0.29) is 16.6 Å². The number of Topliss-reactive ketones (excluding diaryl/α,β-unsaturated/α-hetero) is 1. The fourth-order valence-corrected chi connectivity index (χ4v) is 6.64. The van der Waals surface area contributed by atoms with Gasteiger partial charge in [0, 0.05) is 52.8 Å². The lowest BCUT2D eigenvalue weighted by molar-refractivity contribution is -0.128. The van der Waals surface area contributed by atoms with Crippen LogP contribution in [0.3, 0.4) is 0 Å². The fourth-order valence-electron chi connectivity index (χ4n) is 4.69. The summed E-state index contributed by atoms with van der Waals surface area (Å²) >= 11 is 0. The minimum atomic E-state index is -3.73. The standard InChI is InChI=1S/C17H25NO4S.C14H23N3O/c1-6-7-15(19)17(8-9-17)18(4)23(20,21)16-12(2)10-14(22-5)11-13(16)3;1-12(18)17(4)11-13-5-7-14(8-6-13)15-9-10-16(2)3/h10-11H,6-9H2,1-5H3;5-8,15H,9-11H2,1-4H3. The predicted octanol–water partition coefficient (Wildman–Crippen LogP) is 4.47. The Morgan fingerprint density at radius 1 is 1.00 bits per heavy atom. The summed E-state index contributed by atoms with van der Waals surface area (Å²) in [6.07, 6.45) is 2.36. The van der Waals surface area contributed by atoms with Crippen LogP contribution in [0.1, 0.15) is 56.2 Å². The number of carbonyl (C=O) groups is 2. The van der Waals surface area contributed by atoms with Gasteiger partial charge in [0.15, 0.2) is 5.78 Å². The Hall–Kier alpha value is -2.95. The maximum Gasteiger partial charge on any atom is 0.244 e. The van der Waals surface area contributed by atoms with E-state index in [9.17, 15) is 18.0 Å². The van der Waals surface area contributed by atoms with Gasteiger partial charge in [-0.25, -0.2) is 8.42 Å². The van der Waals surface area contributed by atoms with Crippen LogP contribution in [0.25, 0.3) is 0 Å². The van der Waals surface area contributed by atoms with Crippen molar-refractivity contribution in [2.45, 2.75) is 70.4 Å². The van der Waals surface area contributed by atoms with Gasteiger partial charge in [-0.2, -0.15) is 4.31 Å². The molecule has 0 atom stereocenters. The number of nitrogens with one attached hydrogen (secondary N) is 1. The molecule has 0 spiro atoms. The Labute approximate surface area is 246 Å². The van der Waals surface area contributed by atoms with Gasteiger partial charge < -0.3 is 19.9 Å². The first-order chi connectivity index (χ1) is 19.2. The zero-order chi connectivity index (χ0) is 31.0.